The van der Waals surface area contributed by atoms with Crippen LogP contribution in [0.2, 0.25) is 5.02 Å². The summed E-state index contributed by atoms with van der Waals surface area (Å²) in [7, 11) is 3.37. The number of carbonyl (C=O) groups is 2. The highest BCUT2D eigenvalue weighted by Crippen LogP contribution is 2.17. The third-order valence-electron chi connectivity index (χ3n) is 3.11. The second kappa shape index (κ2) is 7.09. The van der Waals surface area contributed by atoms with Gasteiger partial charge in [-0.3, -0.25) is 9.59 Å². The Morgan fingerprint density at radius 3 is 2.50 bits per heavy atom. The number of carbonyl (C=O) groups excluding carboxylic acids is 2. The molecule has 0 spiro atoms. The van der Waals surface area contributed by atoms with Crippen molar-refractivity contribution in [1.29, 1.82) is 0 Å². The van der Waals surface area contributed by atoms with Gasteiger partial charge in [0, 0.05) is 30.4 Å². The molecule has 0 bridgehead atoms. The fourth-order valence-corrected chi connectivity index (χ4v) is 2.21. The zero-order valence-corrected chi connectivity index (χ0v) is 13.2. The third-order valence-corrected chi connectivity index (χ3v) is 3.48. The lowest BCUT2D eigenvalue weighted by Gasteiger charge is -2.12. The van der Waals surface area contributed by atoms with Gasteiger partial charge in [-0.15, -0.1) is 0 Å². The van der Waals surface area contributed by atoms with E-state index in [1.54, 1.807) is 44.4 Å². The molecule has 2 aromatic carbocycles. The van der Waals surface area contributed by atoms with Crippen LogP contribution in [0.5, 0.6) is 0 Å². The minimum Gasteiger partial charge on any atom is -0.345 e. The molecule has 2 amide bonds. The molecule has 4 nitrogen and oxygen atoms in total. The van der Waals surface area contributed by atoms with Gasteiger partial charge in [-0.1, -0.05) is 35.9 Å². The fraction of sp³-hybridized carbons (Fsp3) is 0.176. The number of hydrogen-bond donors (Lipinski definition) is 1. The van der Waals surface area contributed by atoms with E-state index >= 15 is 0 Å². The van der Waals surface area contributed by atoms with Gasteiger partial charge in [0.15, 0.2) is 0 Å². The largest absolute Gasteiger partial charge is 0.345 e. The summed E-state index contributed by atoms with van der Waals surface area (Å²) >= 11 is 6.04. The smallest absolute Gasteiger partial charge is 0.253 e. The molecule has 2 aromatic rings. The Labute approximate surface area is 134 Å². The van der Waals surface area contributed by atoms with Crippen molar-refractivity contribution < 1.29 is 9.59 Å². The summed E-state index contributed by atoms with van der Waals surface area (Å²) in [6.07, 6.45) is 0.186. The number of halogens is 1. The molecular weight excluding hydrogens is 300 g/mol. The summed E-state index contributed by atoms with van der Waals surface area (Å²) in [5, 5.41) is 3.35. The van der Waals surface area contributed by atoms with Crippen molar-refractivity contribution in [2.24, 2.45) is 0 Å². The van der Waals surface area contributed by atoms with E-state index in [2.05, 4.69) is 5.32 Å². The van der Waals surface area contributed by atoms with E-state index in [4.69, 9.17) is 11.6 Å². The van der Waals surface area contributed by atoms with Crippen molar-refractivity contribution in [3.8, 4) is 0 Å². The molecule has 0 radical (unpaired) electrons. The van der Waals surface area contributed by atoms with E-state index in [1.165, 1.54) is 4.90 Å². The maximum Gasteiger partial charge on any atom is 0.253 e. The molecule has 5 heteroatoms. The van der Waals surface area contributed by atoms with E-state index in [1.807, 2.05) is 18.2 Å². The predicted octanol–water partition coefficient (Wildman–Crippen LogP) is 3.22. The fourth-order valence-electron chi connectivity index (χ4n) is 2.01. The van der Waals surface area contributed by atoms with Gasteiger partial charge in [-0.2, -0.15) is 0 Å². The van der Waals surface area contributed by atoms with Gasteiger partial charge in [0.05, 0.1) is 6.42 Å². The van der Waals surface area contributed by atoms with Crippen molar-refractivity contribution in [2.45, 2.75) is 6.42 Å². The van der Waals surface area contributed by atoms with Gasteiger partial charge in [-0.05, 0) is 29.8 Å². The normalized spacial score (nSPS) is 10.1. The molecule has 0 aliphatic heterocycles. The first kappa shape index (κ1) is 16.0. The maximum absolute atomic E-state index is 12.1. The van der Waals surface area contributed by atoms with Crippen LogP contribution in [0.4, 0.5) is 5.69 Å². The number of hydrogen-bond acceptors (Lipinski definition) is 2. The molecular formula is C17H17ClN2O2. The van der Waals surface area contributed by atoms with Crippen LogP contribution in [-0.4, -0.2) is 30.8 Å². The second-order valence-corrected chi connectivity index (χ2v) is 5.50. The summed E-state index contributed by atoms with van der Waals surface area (Å²) in [4.78, 5) is 25.5. The molecule has 1 N–H and O–H groups in total. The highest BCUT2D eigenvalue weighted by molar-refractivity contribution is 6.31. The average molecular weight is 317 g/mol. The number of rotatable bonds is 4. The van der Waals surface area contributed by atoms with Crippen molar-refractivity contribution in [3.63, 3.8) is 0 Å². The zero-order valence-electron chi connectivity index (χ0n) is 12.5. The average Bonchev–Trinajstić information content (AvgIpc) is 2.49. The Bertz CT molecular complexity index is 699. The Hall–Kier alpha value is -2.33. The molecule has 0 atom stereocenters. The molecule has 0 unspecified atom stereocenters. The predicted molar refractivity (Wildman–Crippen MR) is 88.2 cm³/mol. The quantitative estimate of drug-likeness (QED) is 0.941. The van der Waals surface area contributed by atoms with Crippen LogP contribution in [0, 0.1) is 0 Å². The van der Waals surface area contributed by atoms with Gasteiger partial charge < -0.3 is 10.2 Å². The SMILES string of the molecule is CN(C)C(=O)c1cccc(NC(=O)Cc2ccccc2Cl)c1. The molecule has 2 rings (SSSR count). The van der Waals surface area contributed by atoms with Crippen molar-refractivity contribution in [2.75, 3.05) is 19.4 Å². The zero-order chi connectivity index (χ0) is 16.1. The first-order valence-corrected chi connectivity index (χ1v) is 7.20. The number of nitrogens with one attached hydrogen (secondary N) is 1. The van der Waals surface area contributed by atoms with Gasteiger partial charge in [0.25, 0.3) is 5.91 Å². The number of amides is 2. The van der Waals surface area contributed by atoms with Gasteiger partial charge >= 0.3 is 0 Å². The van der Waals surface area contributed by atoms with Gasteiger partial charge in [-0.25, -0.2) is 0 Å². The lowest BCUT2D eigenvalue weighted by atomic mass is 10.1. The second-order valence-electron chi connectivity index (χ2n) is 5.10. The van der Waals surface area contributed by atoms with Crippen LogP contribution in [0.1, 0.15) is 15.9 Å². The lowest BCUT2D eigenvalue weighted by molar-refractivity contribution is -0.115. The number of nitrogens with zero attached hydrogens (tertiary/aromatic N) is 1. The molecule has 0 aliphatic rings. The Morgan fingerprint density at radius 1 is 1.09 bits per heavy atom. The number of anilines is 1. The third kappa shape index (κ3) is 4.09. The molecule has 0 saturated carbocycles. The first-order chi connectivity index (χ1) is 10.5. The lowest BCUT2D eigenvalue weighted by Crippen LogP contribution is -2.22. The van der Waals surface area contributed by atoms with Crippen LogP contribution in [-0.2, 0) is 11.2 Å². The summed E-state index contributed by atoms with van der Waals surface area (Å²) in [5.74, 6) is -0.287. The summed E-state index contributed by atoms with van der Waals surface area (Å²) < 4.78 is 0. The van der Waals surface area contributed by atoms with Crippen LogP contribution in [0.25, 0.3) is 0 Å². The van der Waals surface area contributed by atoms with Crippen LogP contribution < -0.4 is 5.32 Å². The highest BCUT2D eigenvalue weighted by atomic mass is 35.5. The molecule has 0 aliphatic carbocycles. The Balaban J connectivity index is 2.08. The Morgan fingerprint density at radius 2 is 1.82 bits per heavy atom. The minimum absolute atomic E-state index is 0.109. The van der Waals surface area contributed by atoms with E-state index in [9.17, 15) is 9.59 Å². The van der Waals surface area contributed by atoms with Crippen LogP contribution in [0.15, 0.2) is 48.5 Å². The van der Waals surface area contributed by atoms with E-state index in [0.717, 1.165) is 5.56 Å². The van der Waals surface area contributed by atoms with E-state index < -0.39 is 0 Å². The summed E-state index contributed by atoms with van der Waals surface area (Å²) in [6.45, 7) is 0. The standard InChI is InChI=1S/C17H17ClN2O2/c1-20(2)17(22)13-7-5-8-14(10-13)19-16(21)11-12-6-3-4-9-15(12)18/h3-10H,11H2,1-2H3,(H,19,21). The molecule has 114 valence electrons. The van der Waals surface area contributed by atoms with Gasteiger partial charge in [0.1, 0.15) is 0 Å². The first-order valence-electron chi connectivity index (χ1n) is 6.82. The number of benzene rings is 2. The van der Waals surface area contributed by atoms with E-state index in [0.29, 0.717) is 16.3 Å². The summed E-state index contributed by atoms with van der Waals surface area (Å²) in [6, 6.07) is 14.1. The van der Waals surface area contributed by atoms with Crippen LogP contribution >= 0.6 is 11.6 Å². The van der Waals surface area contributed by atoms with E-state index in [-0.39, 0.29) is 18.2 Å². The van der Waals surface area contributed by atoms with Crippen molar-refractivity contribution in [1.82, 2.24) is 4.90 Å². The molecule has 0 aromatic heterocycles. The maximum atomic E-state index is 12.1. The van der Waals surface area contributed by atoms with Crippen LogP contribution in [0.3, 0.4) is 0 Å². The Kier molecular flexibility index (Phi) is 5.17. The van der Waals surface area contributed by atoms with Crippen molar-refractivity contribution in [3.05, 3.63) is 64.7 Å². The monoisotopic (exact) mass is 316 g/mol. The molecule has 0 saturated heterocycles. The minimum atomic E-state index is -0.178. The van der Waals surface area contributed by atoms with Gasteiger partial charge in [0.2, 0.25) is 5.91 Å². The molecule has 0 heterocycles. The highest BCUT2D eigenvalue weighted by Gasteiger charge is 2.10. The summed E-state index contributed by atoms with van der Waals surface area (Å²) in [5.41, 5.74) is 1.88. The molecule has 0 fully saturated rings. The van der Waals surface area contributed by atoms with Crippen molar-refractivity contribution >= 4 is 29.1 Å². The topological polar surface area (TPSA) is 49.4 Å². The molecule has 22 heavy (non-hydrogen) atoms.